The van der Waals surface area contributed by atoms with Gasteiger partial charge in [0.05, 0.1) is 0 Å². The molecule has 0 aliphatic rings. The summed E-state index contributed by atoms with van der Waals surface area (Å²) in [6, 6.07) is 1.48. The second kappa shape index (κ2) is 9.69. The predicted octanol–water partition coefficient (Wildman–Crippen LogP) is 3.51. The maximum absolute atomic E-state index is 6.52. The van der Waals surface area contributed by atoms with Gasteiger partial charge in [-0.05, 0) is 58.4 Å². The molecular formula is C13H38O6Si5. The predicted molar refractivity (Wildman–Crippen MR) is 111 cm³/mol. The van der Waals surface area contributed by atoms with Gasteiger partial charge in [0.2, 0.25) is 0 Å². The molecule has 0 radical (unpaired) electrons. The van der Waals surface area contributed by atoms with E-state index in [0.717, 1.165) is 6.04 Å². The second-order valence-corrected chi connectivity index (χ2v) is 26.2. The molecule has 11 heteroatoms. The van der Waals surface area contributed by atoms with E-state index in [1.165, 1.54) is 0 Å². The fourth-order valence-electron chi connectivity index (χ4n) is 2.59. The Hall–Kier alpha value is 0.844. The van der Waals surface area contributed by atoms with Crippen LogP contribution in [0.25, 0.3) is 0 Å². The number of hydrogen-bond acceptors (Lipinski definition) is 6. The Morgan fingerprint density at radius 2 is 1.12 bits per heavy atom. The van der Waals surface area contributed by atoms with Crippen molar-refractivity contribution in [2.45, 2.75) is 64.5 Å². The fourth-order valence-corrected chi connectivity index (χ4v) is 20.8. The summed E-state index contributed by atoms with van der Waals surface area (Å²) in [6.45, 7) is 17.4. The van der Waals surface area contributed by atoms with Crippen LogP contribution in [0.5, 0.6) is 0 Å². The first-order valence-corrected chi connectivity index (χ1v) is 21.8. The highest BCUT2D eigenvalue weighted by atomic mass is 28.5. The van der Waals surface area contributed by atoms with Crippen molar-refractivity contribution in [2.24, 2.45) is 0 Å². The highest BCUT2D eigenvalue weighted by Crippen LogP contribution is 2.27. The molecule has 24 heavy (non-hydrogen) atoms. The van der Waals surface area contributed by atoms with Crippen LogP contribution in [0.3, 0.4) is 0 Å². The van der Waals surface area contributed by atoms with E-state index in [-0.39, 0.29) is 0 Å². The summed E-state index contributed by atoms with van der Waals surface area (Å²) in [5, 5.41) is 0. The molecule has 0 aromatic heterocycles. The lowest BCUT2D eigenvalue weighted by atomic mass is 10.9. The first-order valence-electron chi connectivity index (χ1n) is 8.41. The highest BCUT2D eigenvalue weighted by Gasteiger charge is 2.45. The van der Waals surface area contributed by atoms with Crippen LogP contribution in [0.1, 0.15) is 0 Å². The smallest absolute Gasteiger partial charge is 0.439 e. The number of hydrogen-bond donors (Lipinski definition) is 0. The molecule has 0 aliphatic heterocycles. The molecule has 0 aromatic rings. The lowest BCUT2D eigenvalue weighted by Crippen LogP contribution is -2.53. The van der Waals surface area contributed by atoms with Crippen molar-refractivity contribution in [2.75, 3.05) is 21.3 Å². The minimum Gasteiger partial charge on any atom is -0.439 e. The zero-order valence-electron chi connectivity index (χ0n) is 17.4. The van der Waals surface area contributed by atoms with Crippen molar-refractivity contribution in [1.82, 2.24) is 0 Å². The molecule has 0 N–H and O–H groups in total. The first-order chi connectivity index (χ1) is 10.7. The van der Waals surface area contributed by atoms with Crippen molar-refractivity contribution in [3.8, 4) is 0 Å². The van der Waals surface area contributed by atoms with Gasteiger partial charge in [0.1, 0.15) is 0 Å². The Bertz CT molecular complexity index is 361. The van der Waals surface area contributed by atoms with Gasteiger partial charge in [-0.2, -0.15) is 0 Å². The summed E-state index contributed by atoms with van der Waals surface area (Å²) in [5.74, 6) is 0. The third-order valence-corrected chi connectivity index (χ3v) is 19.3. The Morgan fingerprint density at radius 1 is 0.667 bits per heavy atom. The Balaban J connectivity index is 5.14. The molecule has 0 spiro atoms. The van der Waals surface area contributed by atoms with Gasteiger partial charge in [0.15, 0.2) is 16.6 Å². The van der Waals surface area contributed by atoms with Gasteiger partial charge in [-0.1, -0.05) is 0 Å². The topological polar surface area (TPSA) is 55.4 Å². The van der Waals surface area contributed by atoms with Gasteiger partial charge in [0, 0.05) is 27.4 Å². The van der Waals surface area contributed by atoms with Crippen LogP contribution < -0.4 is 0 Å². The van der Waals surface area contributed by atoms with E-state index in [2.05, 4.69) is 52.4 Å². The SMILES string of the molecule is CO[Si](CC[Si](C)(O[SiH](C)O[Si](C)(C)C)O[Si](C)(C)C)(OC)OC. The molecule has 2 atom stereocenters. The van der Waals surface area contributed by atoms with Gasteiger partial charge in [-0.25, -0.2) is 0 Å². The van der Waals surface area contributed by atoms with Gasteiger partial charge < -0.3 is 25.6 Å². The normalized spacial score (nSPS) is 17.6. The lowest BCUT2D eigenvalue weighted by Gasteiger charge is -2.38. The number of rotatable bonds is 12. The van der Waals surface area contributed by atoms with Gasteiger partial charge in [0.25, 0.3) is 9.28 Å². The van der Waals surface area contributed by atoms with E-state index >= 15 is 0 Å². The molecule has 0 amide bonds. The molecule has 0 aliphatic carbocycles. The minimum absolute atomic E-state index is 0.692. The Labute approximate surface area is 154 Å². The van der Waals surface area contributed by atoms with E-state index in [1.807, 2.05) is 0 Å². The van der Waals surface area contributed by atoms with Crippen molar-refractivity contribution in [3.05, 3.63) is 0 Å². The first kappa shape index (κ1) is 24.8. The van der Waals surface area contributed by atoms with Crippen molar-refractivity contribution in [3.63, 3.8) is 0 Å². The largest absolute Gasteiger partial charge is 0.500 e. The molecule has 146 valence electrons. The summed E-state index contributed by atoms with van der Waals surface area (Å²) < 4.78 is 35.9. The van der Waals surface area contributed by atoms with Crippen LogP contribution >= 0.6 is 0 Å². The van der Waals surface area contributed by atoms with Crippen molar-refractivity contribution in [1.29, 1.82) is 0 Å². The molecule has 6 nitrogen and oxygen atoms in total. The van der Waals surface area contributed by atoms with Crippen LogP contribution in [-0.4, -0.2) is 64.6 Å². The zero-order valence-corrected chi connectivity index (χ0v) is 22.6. The van der Waals surface area contributed by atoms with E-state index in [1.54, 1.807) is 21.3 Å². The summed E-state index contributed by atoms with van der Waals surface area (Å²) in [5.41, 5.74) is 0. The summed E-state index contributed by atoms with van der Waals surface area (Å²) in [6.07, 6.45) is 0. The van der Waals surface area contributed by atoms with Gasteiger partial charge in [-0.15, -0.1) is 0 Å². The summed E-state index contributed by atoms with van der Waals surface area (Å²) >= 11 is 0. The monoisotopic (exact) mass is 430 g/mol. The molecule has 0 saturated heterocycles. The highest BCUT2D eigenvalue weighted by molar-refractivity contribution is 6.86. The van der Waals surface area contributed by atoms with Gasteiger partial charge in [-0.3, -0.25) is 0 Å². The molecule has 0 fully saturated rings. The molecule has 2 unspecified atom stereocenters. The Morgan fingerprint density at radius 3 is 1.46 bits per heavy atom. The summed E-state index contributed by atoms with van der Waals surface area (Å²) in [7, 11) is -5.18. The molecule has 0 saturated carbocycles. The third-order valence-electron chi connectivity index (χ3n) is 3.28. The van der Waals surface area contributed by atoms with Crippen molar-refractivity contribution >= 4 is 43.3 Å². The van der Waals surface area contributed by atoms with Crippen molar-refractivity contribution < 1.29 is 25.6 Å². The van der Waals surface area contributed by atoms with Crippen LogP contribution in [-0.2, 0) is 25.6 Å². The maximum Gasteiger partial charge on any atom is 0.500 e. The van der Waals surface area contributed by atoms with Gasteiger partial charge >= 0.3 is 17.4 Å². The maximum atomic E-state index is 6.52. The standard InChI is InChI=1S/C13H38O6Si5/c1-14-24(15-2,16-3)13-12-23(11,19-22(8,9)10)18-20(4)17-21(5,6)7/h20H,12-13H2,1-11H3. The van der Waals surface area contributed by atoms with Crippen LogP contribution in [0.4, 0.5) is 0 Å². The zero-order chi connectivity index (χ0) is 19.2. The molecule has 0 aromatic carbocycles. The molecule has 0 rings (SSSR count). The fraction of sp³-hybridized carbons (Fsp3) is 1.00. The third kappa shape index (κ3) is 10.1. The van der Waals surface area contributed by atoms with E-state index in [4.69, 9.17) is 25.6 Å². The minimum atomic E-state index is -2.63. The lowest BCUT2D eigenvalue weighted by molar-refractivity contribution is 0.124. The van der Waals surface area contributed by atoms with Crippen LogP contribution in [0.15, 0.2) is 0 Å². The van der Waals surface area contributed by atoms with E-state index in [9.17, 15) is 0 Å². The Kier molecular flexibility index (Phi) is 10.0. The average Bonchev–Trinajstić information content (AvgIpc) is 2.36. The van der Waals surface area contributed by atoms with E-state index in [0.29, 0.717) is 6.04 Å². The van der Waals surface area contributed by atoms with Crippen LogP contribution in [0, 0.1) is 0 Å². The molecule has 0 heterocycles. The van der Waals surface area contributed by atoms with E-state index < -0.39 is 43.3 Å². The van der Waals surface area contributed by atoms with Crippen LogP contribution in [0.2, 0.25) is 64.5 Å². The second-order valence-electron chi connectivity index (χ2n) is 8.06. The molecular weight excluding hydrogens is 393 g/mol. The quantitative estimate of drug-likeness (QED) is 0.442. The average molecular weight is 431 g/mol. The summed E-state index contributed by atoms with van der Waals surface area (Å²) in [4.78, 5) is 0. The molecule has 0 bridgehead atoms.